The zero-order valence-corrected chi connectivity index (χ0v) is 7.92. The Morgan fingerprint density at radius 1 is 1.31 bits per heavy atom. The number of hydrogen-bond donors (Lipinski definition) is 1. The van der Waals surface area contributed by atoms with E-state index in [2.05, 4.69) is 5.32 Å². The predicted octanol–water partition coefficient (Wildman–Crippen LogP) is 2.07. The Morgan fingerprint density at radius 3 is 2.69 bits per heavy atom. The summed E-state index contributed by atoms with van der Waals surface area (Å²) in [6, 6.07) is 0.288. The van der Waals surface area contributed by atoms with Crippen molar-refractivity contribution in [2.75, 3.05) is 6.61 Å². The van der Waals surface area contributed by atoms with E-state index in [0.29, 0.717) is 6.61 Å². The van der Waals surface area contributed by atoms with Gasteiger partial charge in [-0.15, -0.1) is 0 Å². The van der Waals surface area contributed by atoms with Gasteiger partial charge in [-0.2, -0.15) is 0 Å². The lowest BCUT2D eigenvalue weighted by molar-refractivity contribution is 0.175. The number of cyclic esters (lactones) is 1. The maximum Gasteiger partial charge on any atom is 0.407 e. The molecule has 2 aliphatic rings. The van der Waals surface area contributed by atoms with Crippen LogP contribution in [0.1, 0.15) is 38.5 Å². The summed E-state index contributed by atoms with van der Waals surface area (Å²) in [6.07, 6.45) is 7.69. The molecule has 1 heterocycles. The van der Waals surface area contributed by atoms with Crippen molar-refractivity contribution in [1.29, 1.82) is 0 Å². The summed E-state index contributed by atoms with van der Waals surface area (Å²) < 4.78 is 4.86. The highest BCUT2D eigenvalue weighted by Gasteiger charge is 2.25. The lowest BCUT2D eigenvalue weighted by Gasteiger charge is -2.23. The van der Waals surface area contributed by atoms with Gasteiger partial charge in [0.15, 0.2) is 0 Å². The fraction of sp³-hybridized carbons (Fsp3) is 0.900. The third-order valence-corrected chi connectivity index (χ3v) is 3.08. The molecule has 74 valence electrons. The number of carbonyl (C=O) groups is 1. The van der Waals surface area contributed by atoms with Crippen LogP contribution in [0.3, 0.4) is 0 Å². The second-order valence-corrected chi connectivity index (χ2v) is 4.18. The average Bonchev–Trinajstić information content (AvgIpc) is 2.53. The molecular weight excluding hydrogens is 166 g/mol. The lowest BCUT2D eigenvalue weighted by Crippen LogP contribution is -2.29. The molecular formula is C10H17NO2. The van der Waals surface area contributed by atoms with Gasteiger partial charge in [-0.1, -0.05) is 32.1 Å². The van der Waals surface area contributed by atoms with Gasteiger partial charge in [0.25, 0.3) is 0 Å². The topological polar surface area (TPSA) is 38.3 Å². The van der Waals surface area contributed by atoms with Crippen molar-refractivity contribution in [1.82, 2.24) is 5.32 Å². The Morgan fingerprint density at radius 2 is 2.08 bits per heavy atom. The van der Waals surface area contributed by atoms with E-state index in [1.165, 1.54) is 32.1 Å². The molecule has 0 bridgehead atoms. The Labute approximate surface area is 78.8 Å². The first-order chi connectivity index (χ1) is 6.34. The zero-order chi connectivity index (χ0) is 9.10. The minimum Gasteiger partial charge on any atom is -0.447 e. The fourth-order valence-electron chi connectivity index (χ4n) is 2.38. The molecule has 2 fully saturated rings. The summed E-state index contributed by atoms with van der Waals surface area (Å²) in [4.78, 5) is 10.8. The van der Waals surface area contributed by atoms with Crippen LogP contribution in [0.25, 0.3) is 0 Å². The molecule has 1 saturated heterocycles. The van der Waals surface area contributed by atoms with Gasteiger partial charge in [-0.3, -0.25) is 0 Å². The highest BCUT2D eigenvalue weighted by atomic mass is 16.6. The van der Waals surface area contributed by atoms with E-state index in [1.807, 2.05) is 0 Å². The van der Waals surface area contributed by atoms with Crippen LogP contribution < -0.4 is 5.32 Å². The minimum absolute atomic E-state index is 0.235. The summed E-state index contributed by atoms with van der Waals surface area (Å²) >= 11 is 0. The zero-order valence-electron chi connectivity index (χ0n) is 7.92. The molecule has 1 amide bonds. The van der Waals surface area contributed by atoms with Crippen LogP contribution in [0.5, 0.6) is 0 Å². The van der Waals surface area contributed by atoms with E-state index >= 15 is 0 Å². The third-order valence-electron chi connectivity index (χ3n) is 3.08. The number of ether oxygens (including phenoxy) is 1. The summed E-state index contributed by atoms with van der Waals surface area (Å²) in [5, 5.41) is 2.84. The first kappa shape index (κ1) is 8.85. The molecule has 3 nitrogen and oxygen atoms in total. The lowest BCUT2D eigenvalue weighted by atomic mass is 9.85. The third kappa shape index (κ3) is 2.36. The Hall–Kier alpha value is -0.730. The molecule has 0 aromatic carbocycles. The van der Waals surface area contributed by atoms with Gasteiger partial charge in [0.2, 0.25) is 0 Å². The Balaban J connectivity index is 1.73. The van der Waals surface area contributed by atoms with E-state index in [4.69, 9.17) is 4.74 Å². The van der Waals surface area contributed by atoms with E-state index in [9.17, 15) is 4.79 Å². The van der Waals surface area contributed by atoms with Crippen molar-refractivity contribution in [2.45, 2.75) is 44.6 Å². The minimum atomic E-state index is -0.235. The summed E-state index contributed by atoms with van der Waals surface area (Å²) in [5.74, 6) is 0.820. The van der Waals surface area contributed by atoms with Crippen LogP contribution in [-0.4, -0.2) is 18.7 Å². The number of alkyl carbamates (subject to hydrolysis) is 1. The smallest absolute Gasteiger partial charge is 0.407 e. The van der Waals surface area contributed by atoms with E-state index < -0.39 is 0 Å². The van der Waals surface area contributed by atoms with Gasteiger partial charge in [0, 0.05) is 0 Å². The Kier molecular flexibility index (Phi) is 2.71. The van der Waals surface area contributed by atoms with Crippen LogP contribution in [0, 0.1) is 5.92 Å². The number of amides is 1. The van der Waals surface area contributed by atoms with Gasteiger partial charge >= 0.3 is 6.09 Å². The van der Waals surface area contributed by atoms with Crippen molar-refractivity contribution in [3.05, 3.63) is 0 Å². The molecule has 0 radical (unpaired) electrons. The second-order valence-electron chi connectivity index (χ2n) is 4.18. The summed E-state index contributed by atoms with van der Waals surface area (Å²) in [7, 11) is 0. The highest BCUT2D eigenvalue weighted by Crippen LogP contribution is 2.27. The van der Waals surface area contributed by atoms with Crippen molar-refractivity contribution in [2.24, 2.45) is 5.92 Å². The number of nitrogens with one attached hydrogen (secondary N) is 1. The van der Waals surface area contributed by atoms with Gasteiger partial charge in [-0.25, -0.2) is 4.79 Å². The Bertz CT molecular complexity index is 187. The van der Waals surface area contributed by atoms with Gasteiger partial charge in [0.05, 0.1) is 6.04 Å². The maximum atomic E-state index is 10.8. The van der Waals surface area contributed by atoms with Crippen LogP contribution in [0.4, 0.5) is 4.79 Å². The summed E-state index contributed by atoms with van der Waals surface area (Å²) in [6.45, 7) is 0.579. The molecule has 3 heteroatoms. The largest absolute Gasteiger partial charge is 0.447 e. The van der Waals surface area contributed by atoms with Crippen LogP contribution >= 0.6 is 0 Å². The van der Waals surface area contributed by atoms with E-state index in [-0.39, 0.29) is 12.1 Å². The van der Waals surface area contributed by atoms with Crippen LogP contribution in [-0.2, 0) is 4.74 Å². The van der Waals surface area contributed by atoms with E-state index in [1.54, 1.807) is 0 Å². The van der Waals surface area contributed by atoms with E-state index in [0.717, 1.165) is 12.3 Å². The molecule has 1 N–H and O–H groups in total. The van der Waals surface area contributed by atoms with Crippen molar-refractivity contribution in [3.63, 3.8) is 0 Å². The van der Waals surface area contributed by atoms with Crippen molar-refractivity contribution < 1.29 is 9.53 Å². The predicted molar refractivity (Wildman–Crippen MR) is 49.5 cm³/mol. The summed E-state index contributed by atoms with van der Waals surface area (Å²) in [5.41, 5.74) is 0. The quantitative estimate of drug-likeness (QED) is 0.711. The molecule has 1 aliphatic heterocycles. The molecule has 13 heavy (non-hydrogen) atoms. The van der Waals surface area contributed by atoms with Gasteiger partial charge < -0.3 is 10.1 Å². The van der Waals surface area contributed by atoms with Gasteiger partial charge in [-0.05, 0) is 12.3 Å². The second kappa shape index (κ2) is 3.99. The molecule has 2 rings (SSSR count). The number of hydrogen-bond acceptors (Lipinski definition) is 2. The fourth-order valence-corrected chi connectivity index (χ4v) is 2.38. The van der Waals surface area contributed by atoms with Crippen LogP contribution in [0.15, 0.2) is 0 Å². The van der Waals surface area contributed by atoms with Gasteiger partial charge in [0.1, 0.15) is 6.61 Å². The van der Waals surface area contributed by atoms with Crippen molar-refractivity contribution >= 4 is 6.09 Å². The molecule has 0 unspecified atom stereocenters. The highest BCUT2D eigenvalue weighted by molar-refractivity contribution is 5.69. The monoisotopic (exact) mass is 183 g/mol. The van der Waals surface area contributed by atoms with Crippen molar-refractivity contribution in [3.8, 4) is 0 Å². The number of carbonyl (C=O) groups excluding carboxylic acids is 1. The SMILES string of the molecule is O=C1N[C@H](CC2CCCCC2)CO1. The molecule has 1 saturated carbocycles. The average molecular weight is 183 g/mol. The first-order valence-electron chi connectivity index (χ1n) is 5.28. The molecule has 1 atom stereocenters. The molecule has 0 spiro atoms. The molecule has 0 aromatic rings. The normalized spacial score (nSPS) is 29.8. The molecule has 1 aliphatic carbocycles. The first-order valence-corrected chi connectivity index (χ1v) is 5.28. The standard InChI is InChI=1S/C10H17NO2/c12-10-11-9(7-13-10)6-8-4-2-1-3-5-8/h8-9H,1-7H2,(H,11,12)/t9-/m1/s1. The number of rotatable bonds is 2. The maximum absolute atomic E-state index is 10.8. The molecule has 0 aromatic heterocycles. The van der Waals surface area contributed by atoms with Crippen LogP contribution in [0.2, 0.25) is 0 Å².